The Morgan fingerprint density at radius 1 is 1.09 bits per heavy atom. The monoisotopic (exact) mass is 442 g/mol. The number of rotatable bonds is 6. The molecule has 0 radical (unpaired) electrons. The Bertz CT molecular complexity index is 1070. The number of nitrogens with one attached hydrogen (secondary N) is 2. The van der Waals surface area contributed by atoms with Crippen LogP contribution < -0.4 is 10.7 Å². The zero-order chi connectivity index (χ0) is 22.7. The van der Waals surface area contributed by atoms with Crippen LogP contribution in [0.3, 0.4) is 0 Å². The summed E-state index contributed by atoms with van der Waals surface area (Å²) in [6, 6.07) is 7.93. The predicted octanol–water partition coefficient (Wildman–Crippen LogP) is 2.93. The van der Waals surface area contributed by atoms with E-state index in [-0.39, 0.29) is 23.1 Å². The highest BCUT2D eigenvalue weighted by molar-refractivity contribution is 6.03. The summed E-state index contributed by atoms with van der Waals surface area (Å²) in [5.74, 6) is -0.0836. The zero-order valence-electron chi connectivity index (χ0n) is 17.3. The topological polar surface area (TPSA) is 126 Å². The van der Waals surface area contributed by atoms with Gasteiger partial charge in [-0.05, 0) is 48.6 Å². The van der Waals surface area contributed by atoms with Crippen LogP contribution in [0, 0.1) is 32.0 Å². The molecule has 0 saturated carbocycles. The number of nitro benzene ring substituents is 2. The normalized spacial score (nSPS) is 20.0. The first-order chi connectivity index (χ1) is 15.4. The second kappa shape index (κ2) is 9.37. The Hall–Kier alpha value is -3.44. The predicted molar refractivity (Wildman–Crippen MR) is 117 cm³/mol. The van der Waals surface area contributed by atoms with Crippen LogP contribution in [0.4, 0.5) is 21.5 Å². The molecular formula is C21H23FN6O4. The van der Waals surface area contributed by atoms with E-state index in [4.69, 9.17) is 0 Å². The van der Waals surface area contributed by atoms with E-state index in [1.54, 1.807) is 6.07 Å². The molecule has 168 valence electrons. The average molecular weight is 442 g/mol. The van der Waals surface area contributed by atoms with Gasteiger partial charge in [-0.1, -0.05) is 0 Å². The number of hydrogen-bond acceptors (Lipinski definition) is 8. The molecule has 1 atom stereocenters. The van der Waals surface area contributed by atoms with E-state index in [9.17, 15) is 24.6 Å². The number of hydrazone groups is 1. The lowest BCUT2D eigenvalue weighted by Crippen LogP contribution is -2.46. The van der Waals surface area contributed by atoms with Crippen molar-refractivity contribution in [1.29, 1.82) is 0 Å². The number of hydrogen-bond donors (Lipinski definition) is 2. The summed E-state index contributed by atoms with van der Waals surface area (Å²) < 4.78 is 13.9. The van der Waals surface area contributed by atoms with Crippen LogP contribution in [0.2, 0.25) is 0 Å². The quantitative estimate of drug-likeness (QED) is 0.520. The molecule has 10 nitrogen and oxygen atoms in total. The maximum atomic E-state index is 13.9. The van der Waals surface area contributed by atoms with Gasteiger partial charge >= 0.3 is 5.69 Å². The van der Waals surface area contributed by atoms with Gasteiger partial charge in [0.1, 0.15) is 11.5 Å². The molecule has 1 unspecified atom stereocenters. The van der Waals surface area contributed by atoms with Gasteiger partial charge < -0.3 is 10.2 Å². The summed E-state index contributed by atoms with van der Waals surface area (Å²) in [4.78, 5) is 23.4. The van der Waals surface area contributed by atoms with Crippen LogP contribution in [0.25, 0.3) is 0 Å². The Balaban J connectivity index is 1.61. The van der Waals surface area contributed by atoms with Crippen molar-refractivity contribution in [1.82, 2.24) is 10.2 Å². The molecular weight excluding hydrogens is 419 g/mol. The summed E-state index contributed by atoms with van der Waals surface area (Å²) in [5.41, 5.74) is 4.31. The molecule has 0 amide bonds. The minimum atomic E-state index is -0.688. The first kappa shape index (κ1) is 21.8. The number of piperazine rings is 1. The number of fused-ring (bicyclic) bond motifs is 1. The molecule has 2 aromatic rings. The van der Waals surface area contributed by atoms with Gasteiger partial charge in [-0.2, -0.15) is 5.10 Å². The highest BCUT2D eigenvalue weighted by Crippen LogP contribution is 2.31. The van der Waals surface area contributed by atoms with Gasteiger partial charge in [0.05, 0.1) is 21.6 Å². The molecule has 1 aliphatic carbocycles. The lowest BCUT2D eigenvalue weighted by Gasteiger charge is -2.33. The number of halogens is 1. The third kappa shape index (κ3) is 4.89. The first-order valence-corrected chi connectivity index (χ1v) is 10.4. The van der Waals surface area contributed by atoms with Crippen LogP contribution >= 0.6 is 0 Å². The van der Waals surface area contributed by atoms with E-state index < -0.39 is 15.5 Å². The Morgan fingerprint density at radius 2 is 1.88 bits per heavy atom. The molecule has 2 N–H and O–H groups in total. The van der Waals surface area contributed by atoms with Gasteiger partial charge in [0, 0.05) is 44.4 Å². The molecule has 0 aromatic heterocycles. The molecule has 11 heteroatoms. The zero-order valence-corrected chi connectivity index (χ0v) is 17.3. The van der Waals surface area contributed by atoms with E-state index >= 15 is 0 Å². The molecule has 1 aliphatic heterocycles. The van der Waals surface area contributed by atoms with Crippen LogP contribution in [0.1, 0.15) is 17.5 Å². The maximum Gasteiger partial charge on any atom is 0.301 e. The molecule has 0 spiro atoms. The van der Waals surface area contributed by atoms with Gasteiger partial charge in [0.2, 0.25) is 0 Å². The first-order valence-electron chi connectivity index (χ1n) is 10.4. The largest absolute Gasteiger partial charge is 0.314 e. The Kier molecular flexibility index (Phi) is 6.37. The number of anilines is 1. The molecule has 1 saturated heterocycles. The van der Waals surface area contributed by atoms with Crippen molar-refractivity contribution in [3.8, 4) is 0 Å². The van der Waals surface area contributed by atoms with Crippen molar-refractivity contribution in [2.24, 2.45) is 11.0 Å². The highest BCUT2D eigenvalue weighted by Gasteiger charge is 2.27. The fourth-order valence-electron chi connectivity index (χ4n) is 4.28. The second-order valence-electron chi connectivity index (χ2n) is 8.01. The summed E-state index contributed by atoms with van der Waals surface area (Å²) in [5, 5.41) is 30.1. The van der Waals surface area contributed by atoms with Crippen LogP contribution in [0.5, 0.6) is 0 Å². The van der Waals surface area contributed by atoms with Crippen molar-refractivity contribution in [3.63, 3.8) is 0 Å². The second-order valence-corrected chi connectivity index (χ2v) is 8.01. The van der Waals surface area contributed by atoms with Gasteiger partial charge in [-0.3, -0.25) is 25.7 Å². The molecule has 2 aliphatic rings. The van der Waals surface area contributed by atoms with Crippen LogP contribution in [-0.2, 0) is 6.42 Å². The summed E-state index contributed by atoms with van der Waals surface area (Å²) >= 11 is 0. The molecule has 2 aromatic carbocycles. The van der Waals surface area contributed by atoms with Crippen molar-refractivity contribution in [3.05, 3.63) is 73.6 Å². The van der Waals surface area contributed by atoms with E-state index in [1.807, 2.05) is 0 Å². The number of nitrogens with zero attached hydrogens (tertiary/aromatic N) is 4. The smallest absolute Gasteiger partial charge is 0.301 e. The van der Waals surface area contributed by atoms with Crippen molar-refractivity contribution < 1.29 is 14.2 Å². The minimum absolute atomic E-state index is 0.0565. The number of non-ortho nitro benzene ring substituents is 1. The van der Waals surface area contributed by atoms with E-state index in [0.29, 0.717) is 12.1 Å². The SMILES string of the molecule is O=[N+]([O-])c1ccc(N/N=C2\CC(CN3CCNCC3)Cc3cc(F)ccc32)c([N+](=O)[O-])c1. The molecule has 0 bridgehead atoms. The average Bonchev–Trinajstić information content (AvgIpc) is 2.77. The fraction of sp³-hybridized carbons (Fsp3) is 0.381. The van der Waals surface area contributed by atoms with Gasteiger partial charge in [0.15, 0.2) is 0 Å². The van der Waals surface area contributed by atoms with Crippen molar-refractivity contribution >= 4 is 22.8 Å². The lowest BCUT2D eigenvalue weighted by atomic mass is 9.82. The van der Waals surface area contributed by atoms with Crippen molar-refractivity contribution in [2.45, 2.75) is 12.8 Å². The summed E-state index contributed by atoms with van der Waals surface area (Å²) in [6.07, 6.45) is 1.37. The molecule has 4 rings (SSSR count). The van der Waals surface area contributed by atoms with E-state index in [1.165, 1.54) is 24.3 Å². The Labute approximate surface area is 183 Å². The number of nitro groups is 2. The van der Waals surface area contributed by atoms with E-state index in [0.717, 1.165) is 56.3 Å². The number of benzene rings is 2. The molecule has 1 heterocycles. The molecule has 1 fully saturated rings. The minimum Gasteiger partial charge on any atom is -0.314 e. The van der Waals surface area contributed by atoms with Gasteiger partial charge in [0.25, 0.3) is 5.69 Å². The molecule has 32 heavy (non-hydrogen) atoms. The summed E-state index contributed by atoms with van der Waals surface area (Å²) in [7, 11) is 0. The van der Waals surface area contributed by atoms with Gasteiger partial charge in [-0.25, -0.2) is 4.39 Å². The van der Waals surface area contributed by atoms with Crippen molar-refractivity contribution in [2.75, 3.05) is 38.1 Å². The maximum absolute atomic E-state index is 13.9. The standard InChI is InChI=1S/C21H23FN6O4/c22-16-1-3-18-15(11-16)9-14(13-26-7-5-23-6-8-26)10-20(18)25-24-19-4-2-17(27(29)30)12-21(19)28(31)32/h1-4,11-12,14,23-24H,5-10,13H2/b25-20+. The third-order valence-corrected chi connectivity index (χ3v) is 5.79. The van der Waals surface area contributed by atoms with E-state index in [2.05, 4.69) is 20.7 Å². The lowest BCUT2D eigenvalue weighted by molar-refractivity contribution is -0.393. The highest BCUT2D eigenvalue weighted by atomic mass is 19.1. The fourth-order valence-corrected chi connectivity index (χ4v) is 4.28. The Morgan fingerprint density at radius 3 is 2.59 bits per heavy atom. The van der Waals surface area contributed by atoms with Gasteiger partial charge in [-0.15, -0.1) is 0 Å². The summed E-state index contributed by atoms with van der Waals surface area (Å²) in [6.45, 7) is 4.63. The van der Waals surface area contributed by atoms with Crippen LogP contribution in [0.15, 0.2) is 41.5 Å². The van der Waals surface area contributed by atoms with Crippen LogP contribution in [-0.4, -0.2) is 53.2 Å². The third-order valence-electron chi connectivity index (χ3n) is 5.79.